The molecule has 0 aliphatic carbocycles. The minimum atomic E-state index is -4.46. The van der Waals surface area contributed by atoms with E-state index in [-0.39, 0.29) is 27.5 Å². The first-order valence-electron chi connectivity index (χ1n) is 8.57. The van der Waals surface area contributed by atoms with Crippen molar-refractivity contribution in [2.45, 2.75) is 44.5 Å². The number of esters is 1. The lowest BCUT2D eigenvalue weighted by atomic mass is 10.2. The number of aromatic nitrogens is 1. The van der Waals surface area contributed by atoms with E-state index in [1.807, 2.05) is 0 Å². The lowest BCUT2D eigenvalue weighted by Crippen LogP contribution is -2.30. The third kappa shape index (κ3) is 5.83. The zero-order valence-electron chi connectivity index (χ0n) is 16.3. The highest BCUT2D eigenvalue weighted by atomic mass is 32.2. The summed E-state index contributed by atoms with van der Waals surface area (Å²) in [6, 6.07) is 6.25. The highest BCUT2D eigenvalue weighted by Crippen LogP contribution is 2.24. The summed E-state index contributed by atoms with van der Waals surface area (Å²) in [5.41, 5.74) is 0.456. The number of amides is 1. The van der Waals surface area contributed by atoms with E-state index in [0.29, 0.717) is 0 Å². The van der Waals surface area contributed by atoms with E-state index in [9.17, 15) is 31.2 Å². The Morgan fingerprint density at radius 3 is 2.27 bits per heavy atom. The van der Waals surface area contributed by atoms with Gasteiger partial charge < -0.3 is 14.6 Å². The molecule has 3 N–H and O–H groups in total. The number of carbonyl (C=O) groups excluding carboxylic acids is 2. The Hall–Kier alpha value is -2.86. The number of nitrogens with zero attached hydrogens (tertiary/aromatic N) is 1. The Balaban J connectivity index is 2.07. The molecule has 2 rings (SSSR count). The van der Waals surface area contributed by atoms with Gasteiger partial charge in [0.05, 0.1) is 10.5 Å². The van der Waals surface area contributed by atoms with Crippen LogP contribution in [0.4, 0.5) is 18.9 Å². The van der Waals surface area contributed by atoms with Crippen LogP contribution in [0.15, 0.2) is 35.2 Å². The van der Waals surface area contributed by atoms with Crippen LogP contribution < -0.4 is 10.5 Å². The molecule has 2 aromatic rings. The fraction of sp³-hybridized carbons (Fsp3) is 0.333. The highest BCUT2D eigenvalue weighted by molar-refractivity contribution is 7.89. The number of hydrogen-bond acceptors (Lipinski definition) is 5. The van der Waals surface area contributed by atoms with E-state index in [1.165, 1.54) is 51.1 Å². The van der Waals surface area contributed by atoms with Gasteiger partial charge in [0.25, 0.3) is 5.91 Å². The number of benzene rings is 1. The van der Waals surface area contributed by atoms with E-state index in [0.717, 1.165) is 4.57 Å². The molecule has 0 bridgehead atoms. The van der Waals surface area contributed by atoms with E-state index >= 15 is 0 Å². The first-order valence-corrected chi connectivity index (χ1v) is 10.1. The van der Waals surface area contributed by atoms with Crippen molar-refractivity contribution in [3.8, 4) is 0 Å². The summed E-state index contributed by atoms with van der Waals surface area (Å²) in [5.74, 6) is -1.65. The Morgan fingerprint density at radius 1 is 1.20 bits per heavy atom. The lowest BCUT2D eigenvalue weighted by Gasteiger charge is -2.14. The van der Waals surface area contributed by atoms with Crippen molar-refractivity contribution < 1.29 is 35.9 Å². The highest BCUT2D eigenvalue weighted by Gasteiger charge is 2.31. The smallest absolute Gasteiger partial charge is 0.406 e. The van der Waals surface area contributed by atoms with Gasteiger partial charge in [0.1, 0.15) is 6.54 Å². The zero-order valence-corrected chi connectivity index (χ0v) is 17.1. The lowest BCUT2D eigenvalue weighted by molar-refractivity contribution is -0.141. The van der Waals surface area contributed by atoms with Gasteiger partial charge in [0.2, 0.25) is 10.0 Å². The monoisotopic (exact) mass is 447 g/mol. The summed E-state index contributed by atoms with van der Waals surface area (Å²) in [6.07, 6.45) is -5.72. The number of alkyl halides is 3. The summed E-state index contributed by atoms with van der Waals surface area (Å²) >= 11 is 0. The van der Waals surface area contributed by atoms with Crippen molar-refractivity contribution in [3.63, 3.8) is 0 Å². The van der Waals surface area contributed by atoms with Gasteiger partial charge in [0.15, 0.2) is 6.10 Å². The van der Waals surface area contributed by atoms with E-state index in [1.54, 1.807) is 0 Å². The summed E-state index contributed by atoms with van der Waals surface area (Å²) < 4.78 is 66.5. The van der Waals surface area contributed by atoms with Crippen LogP contribution >= 0.6 is 0 Å². The topological polar surface area (TPSA) is 120 Å². The number of ether oxygens (including phenoxy) is 1. The van der Waals surface area contributed by atoms with Gasteiger partial charge in [-0.15, -0.1) is 0 Å². The van der Waals surface area contributed by atoms with E-state index in [4.69, 9.17) is 9.88 Å². The van der Waals surface area contributed by atoms with Crippen molar-refractivity contribution in [2.75, 3.05) is 5.32 Å². The Labute approximate surface area is 170 Å². The number of halogens is 3. The van der Waals surface area contributed by atoms with Gasteiger partial charge in [-0.2, -0.15) is 13.2 Å². The number of anilines is 1. The van der Waals surface area contributed by atoms with E-state index < -0.39 is 40.7 Å². The van der Waals surface area contributed by atoms with Gasteiger partial charge in [-0.05, 0) is 51.1 Å². The van der Waals surface area contributed by atoms with Crippen LogP contribution in [0.5, 0.6) is 0 Å². The zero-order chi connectivity index (χ0) is 22.9. The molecule has 30 heavy (non-hydrogen) atoms. The Kier molecular flexibility index (Phi) is 6.62. The molecule has 1 aromatic carbocycles. The van der Waals surface area contributed by atoms with Crippen LogP contribution in [0, 0.1) is 13.8 Å². The Bertz CT molecular complexity index is 1060. The van der Waals surface area contributed by atoms with Crippen molar-refractivity contribution in [3.05, 3.63) is 47.3 Å². The predicted molar refractivity (Wildman–Crippen MR) is 101 cm³/mol. The Morgan fingerprint density at radius 2 is 1.77 bits per heavy atom. The van der Waals surface area contributed by atoms with Gasteiger partial charge in [0, 0.05) is 17.1 Å². The molecule has 1 atom stereocenters. The second-order valence-corrected chi connectivity index (χ2v) is 8.15. The molecule has 12 heteroatoms. The number of primary sulfonamides is 1. The first kappa shape index (κ1) is 23.4. The maximum absolute atomic E-state index is 12.7. The van der Waals surface area contributed by atoms with Crippen molar-refractivity contribution in [2.24, 2.45) is 5.14 Å². The van der Waals surface area contributed by atoms with Crippen molar-refractivity contribution in [1.29, 1.82) is 0 Å². The van der Waals surface area contributed by atoms with Crippen molar-refractivity contribution in [1.82, 2.24) is 4.57 Å². The van der Waals surface area contributed by atoms with Gasteiger partial charge in [-0.25, -0.2) is 18.4 Å². The number of rotatable bonds is 6. The molecule has 8 nitrogen and oxygen atoms in total. The molecule has 0 spiro atoms. The molecule has 0 aliphatic heterocycles. The van der Waals surface area contributed by atoms with Gasteiger partial charge in [-0.3, -0.25) is 4.79 Å². The average Bonchev–Trinajstić information content (AvgIpc) is 2.88. The number of nitrogens with one attached hydrogen (secondary N) is 1. The van der Waals surface area contributed by atoms with Crippen LogP contribution in [-0.4, -0.2) is 37.1 Å². The number of sulfonamides is 1. The summed E-state index contributed by atoms with van der Waals surface area (Å²) in [5, 5.41) is 7.42. The maximum Gasteiger partial charge on any atom is 0.406 e. The van der Waals surface area contributed by atoms with Crippen LogP contribution in [0.2, 0.25) is 0 Å². The van der Waals surface area contributed by atoms with Crippen LogP contribution in [0.25, 0.3) is 0 Å². The molecule has 164 valence electrons. The molecule has 0 fully saturated rings. The molecule has 0 saturated heterocycles. The molecular formula is C18H20F3N3O5S. The second kappa shape index (κ2) is 8.48. The normalized spacial score (nSPS) is 13.0. The first-order chi connectivity index (χ1) is 13.7. The third-order valence-electron chi connectivity index (χ3n) is 4.23. The molecule has 1 aromatic heterocycles. The van der Waals surface area contributed by atoms with Gasteiger partial charge >= 0.3 is 12.1 Å². The molecule has 1 amide bonds. The molecule has 0 aliphatic rings. The SMILES string of the molecule is Cc1cc(C(=O)OC(C)C(=O)Nc2ccc(S(N)(=O)=O)cc2)c(C)n1CC(F)(F)F. The number of nitrogens with two attached hydrogens (primary N) is 1. The molecule has 0 saturated carbocycles. The standard InChI is InChI=1S/C18H20F3N3O5S/c1-10-8-15(11(2)24(10)9-18(19,20)21)17(26)29-12(3)16(25)23-13-4-6-14(7-5-13)30(22,27)28/h4-8,12H,9H2,1-3H3,(H,23,25)(H2,22,27,28). The van der Waals surface area contributed by atoms with Gasteiger partial charge in [-0.1, -0.05) is 0 Å². The second-order valence-electron chi connectivity index (χ2n) is 6.59. The third-order valence-corrected chi connectivity index (χ3v) is 5.16. The summed E-state index contributed by atoms with van der Waals surface area (Å²) in [6.45, 7) is 2.83. The number of carbonyl (C=O) groups is 2. The number of aryl methyl sites for hydroxylation is 1. The molecule has 0 radical (unpaired) electrons. The summed E-state index contributed by atoms with van der Waals surface area (Å²) in [7, 11) is -3.88. The van der Waals surface area contributed by atoms with E-state index in [2.05, 4.69) is 5.32 Å². The van der Waals surface area contributed by atoms with Crippen LogP contribution in [0.1, 0.15) is 28.7 Å². The molecular weight excluding hydrogens is 427 g/mol. The van der Waals surface area contributed by atoms with Crippen molar-refractivity contribution >= 4 is 27.6 Å². The largest absolute Gasteiger partial charge is 0.449 e. The maximum atomic E-state index is 12.7. The predicted octanol–water partition coefficient (Wildman–Crippen LogP) is 2.50. The quantitative estimate of drug-likeness (QED) is 0.659. The minimum Gasteiger partial charge on any atom is -0.449 e. The van der Waals surface area contributed by atoms with Crippen LogP contribution in [-0.2, 0) is 26.1 Å². The fourth-order valence-electron chi connectivity index (χ4n) is 2.68. The molecule has 1 heterocycles. The molecule has 1 unspecified atom stereocenters. The fourth-order valence-corrected chi connectivity index (χ4v) is 3.20. The van der Waals surface area contributed by atoms with Crippen LogP contribution in [0.3, 0.4) is 0 Å². The summed E-state index contributed by atoms with van der Waals surface area (Å²) in [4.78, 5) is 24.4. The average molecular weight is 447 g/mol. The minimum absolute atomic E-state index is 0.0704. The number of hydrogen-bond donors (Lipinski definition) is 2.